The van der Waals surface area contributed by atoms with E-state index in [0.29, 0.717) is 6.42 Å². The quantitative estimate of drug-likeness (QED) is 0.867. The highest BCUT2D eigenvalue weighted by Crippen LogP contribution is 2.22. The molecule has 0 amide bonds. The highest BCUT2D eigenvalue weighted by atomic mass is 19.3. The Morgan fingerprint density at radius 1 is 1.24 bits per heavy atom. The fourth-order valence-electron chi connectivity index (χ4n) is 3.09. The van der Waals surface area contributed by atoms with Gasteiger partial charge in [-0.3, -0.25) is 9.58 Å². The minimum absolute atomic E-state index is 0.172. The van der Waals surface area contributed by atoms with E-state index in [-0.39, 0.29) is 5.75 Å². The lowest BCUT2D eigenvalue weighted by molar-refractivity contribution is -0.0498. The van der Waals surface area contributed by atoms with Gasteiger partial charge in [0.15, 0.2) is 0 Å². The first-order chi connectivity index (χ1) is 12.0. The number of halogens is 2. The summed E-state index contributed by atoms with van der Waals surface area (Å²) >= 11 is 0. The lowest BCUT2D eigenvalue weighted by atomic mass is 10.2. The minimum Gasteiger partial charge on any atom is -0.435 e. The van der Waals surface area contributed by atoms with Crippen molar-refractivity contribution in [3.8, 4) is 5.75 Å². The third-order valence-corrected chi connectivity index (χ3v) is 4.39. The standard InChI is InChI=1S/C18H23F2N3O2/c1-2-17(24)16-10-14-12-22(8-3-9-23(14)21-16)11-13-4-6-15(7-5-13)25-18(19)20/h4-7,10,17-18,24H,2-3,8-9,11-12H2,1H3. The average molecular weight is 351 g/mol. The summed E-state index contributed by atoms with van der Waals surface area (Å²) in [5.41, 5.74) is 2.87. The van der Waals surface area contributed by atoms with Crippen molar-refractivity contribution in [2.75, 3.05) is 6.54 Å². The molecule has 1 N–H and O–H groups in total. The van der Waals surface area contributed by atoms with E-state index in [1.54, 1.807) is 12.1 Å². The fourth-order valence-corrected chi connectivity index (χ4v) is 3.09. The van der Waals surface area contributed by atoms with E-state index in [0.717, 1.165) is 49.6 Å². The molecule has 1 aromatic carbocycles. The molecular formula is C18H23F2N3O2. The number of hydrogen-bond donors (Lipinski definition) is 1. The summed E-state index contributed by atoms with van der Waals surface area (Å²) in [6, 6.07) is 8.74. The molecule has 1 aromatic heterocycles. The van der Waals surface area contributed by atoms with Crippen LogP contribution in [0, 0.1) is 0 Å². The highest BCUT2D eigenvalue weighted by Gasteiger charge is 2.19. The number of aryl methyl sites for hydroxylation is 1. The second kappa shape index (κ2) is 7.93. The number of benzene rings is 1. The van der Waals surface area contributed by atoms with Crippen LogP contribution in [0.2, 0.25) is 0 Å². The van der Waals surface area contributed by atoms with Crippen LogP contribution in [0.4, 0.5) is 8.78 Å². The Hall–Kier alpha value is -1.99. The number of rotatable bonds is 6. The second-order valence-corrected chi connectivity index (χ2v) is 6.29. The van der Waals surface area contributed by atoms with Gasteiger partial charge in [-0.15, -0.1) is 0 Å². The molecule has 0 fully saturated rings. The monoisotopic (exact) mass is 351 g/mol. The predicted molar refractivity (Wildman–Crippen MR) is 89.3 cm³/mol. The normalized spacial score (nSPS) is 16.5. The zero-order valence-corrected chi connectivity index (χ0v) is 14.2. The SMILES string of the molecule is CCC(O)c1cc2n(n1)CCCN(Cc1ccc(OC(F)F)cc1)C2. The number of nitrogens with zero attached hydrogens (tertiary/aromatic N) is 3. The molecule has 1 atom stereocenters. The maximum atomic E-state index is 12.2. The molecule has 0 spiro atoms. The number of aliphatic hydroxyl groups excluding tert-OH is 1. The maximum absolute atomic E-state index is 12.2. The molecule has 1 aliphatic rings. The summed E-state index contributed by atoms with van der Waals surface area (Å²) in [7, 11) is 0. The molecular weight excluding hydrogens is 328 g/mol. The number of ether oxygens (including phenoxy) is 1. The first-order valence-corrected chi connectivity index (χ1v) is 8.56. The van der Waals surface area contributed by atoms with Crippen LogP contribution >= 0.6 is 0 Å². The topological polar surface area (TPSA) is 50.5 Å². The van der Waals surface area contributed by atoms with E-state index in [2.05, 4.69) is 14.7 Å². The van der Waals surface area contributed by atoms with Crippen molar-refractivity contribution in [2.45, 2.75) is 52.1 Å². The summed E-state index contributed by atoms with van der Waals surface area (Å²) < 4.78 is 30.8. The van der Waals surface area contributed by atoms with Crippen LogP contribution in [-0.4, -0.2) is 32.9 Å². The smallest absolute Gasteiger partial charge is 0.387 e. The molecule has 5 nitrogen and oxygen atoms in total. The molecule has 0 saturated carbocycles. The summed E-state index contributed by atoms with van der Waals surface area (Å²) in [6.45, 7) is 2.38. The molecule has 1 aliphatic heterocycles. The van der Waals surface area contributed by atoms with E-state index in [9.17, 15) is 13.9 Å². The molecule has 1 unspecified atom stereocenters. The molecule has 2 heterocycles. The number of aromatic nitrogens is 2. The van der Waals surface area contributed by atoms with Crippen LogP contribution < -0.4 is 4.74 Å². The highest BCUT2D eigenvalue weighted by molar-refractivity contribution is 5.27. The van der Waals surface area contributed by atoms with Crippen molar-refractivity contribution in [2.24, 2.45) is 0 Å². The van der Waals surface area contributed by atoms with Gasteiger partial charge in [-0.05, 0) is 36.6 Å². The molecule has 2 aromatic rings. The van der Waals surface area contributed by atoms with Gasteiger partial charge in [0.2, 0.25) is 0 Å². The van der Waals surface area contributed by atoms with Gasteiger partial charge in [-0.2, -0.15) is 13.9 Å². The zero-order valence-electron chi connectivity index (χ0n) is 14.2. The molecule has 0 radical (unpaired) electrons. The predicted octanol–water partition coefficient (Wildman–Crippen LogP) is 3.33. The van der Waals surface area contributed by atoms with Gasteiger partial charge >= 0.3 is 6.61 Å². The van der Waals surface area contributed by atoms with Gasteiger partial charge in [-0.1, -0.05) is 19.1 Å². The van der Waals surface area contributed by atoms with Gasteiger partial charge in [0.05, 0.1) is 17.5 Å². The molecule has 0 bridgehead atoms. The fraction of sp³-hybridized carbons (Fsp3) is 0.500. The Morgan fingerprint density at radius 3 is 2.68 bits per heavy atom. The van der Waals surface area contributed by atoms with Gasteiger partial charge < -0.3 is 9.84 Å². The van der Waals surface area contributed by atoms with E-state index in [1.807, 2.05) is 29.8 Å². The van der Waals surface area contributed by atoms with Crippen LogP contribution in [0.25, 0.3) is 0 Å². The average Bonchev–Trinajstić information content (AvgIpc) is 2.89. The van der Waals surface area contributed by atoms with E-state index in [4.69, 9.17) is 0 Å². The van der Waals surface area contributed by atoms with E-state index in [1.165, 1.54) is 0 Å². The van der Waals surface area contributed by atoms with Gasteiger partial charge in [0, 0.05) is 26.2 Å². The minimum atomic E-state index is -2.80. The molecule has 0 aliphatic carbocycles. The van der Waals surface area contributed by atoms with Crippen LogP contribution in [0.1, 0.15) is 42.8 Å². The van der Waals surface area contributed by atoms with Crippen LogP contribution in [-0.2, 0) is 19.6 Å². The maximum Gasteiger partial charge on any atom is 0.387 e. The first-order valence-electron chi connectivity index (χ1n) is 8.56. The molecule has 3 rings (SSSR count). The number of hydrogen-bond acceptors (Lipinski definition) is 4. The van der Waals surface area contributed by atoms with Crippen LogP contribution in [0.15, 0.2) is 30.3 Å². The largest absolute Gasteiger partial charge is 0.435 e. The van der Waals surface area contributed by atoms with Crippen molar-refractivity contribution in [1.29, 1.82) is 0 Å². The Balaban J connectivity index is 1.66. The van der Waals surface area contributed by atoms with Gasteiger partial charge in [-0.25, -0.2) is 0 Å². The van der Waals surface area contributed by atoms with Crippen molar-refractivity contribution < 1.29 is 18.6 Å². The third kappa shape index (κ3) is 4.55. The van der Waals surface area contributed by atoms with Crippen molar-refractivity contribution in [1.82, 2.24) is 14.7 Å². The number of alkyl halides is 2. The van der Waals surface area contributed by atoms with E-state index >= 15 is 0 Å². The number of aliphatic hydroxyl groups is 1. The van der Waals surface area contributed by atoms with Crippen molar-refractivity contribution >= 4 is 0 Å². The first kappa shape index (κ1) is 17.8. The lowest BCUT2D eigenvalue weighted by Crippen LogP contribution is -2.22. The van der Waals surface area contributed by atoms with Crippen LogP contribution in [0.5, 0.6) is 5.75 Å². The van der Waals surface area contributed by atoms with Gasteiger partial charge in [0.25, 0.3) is 0 Å². The van der Waals surface area contributed by atoms with E-state index < -0.39 is 12.7 Å². The molecule has 136 valence electrons. The molecule has 0 saturated heterocycles. The van der Waals surface area contributed by atoms with Crippen LogP contribution in [0.3, 0.4) is 0 Å². The van der Waals surface area contributed by atoms with Crippen molar-refractivity contribution in [3.63, 3.8) is 0 Å². The Labute approximate surface area is 145 Å². The molecule has 25 heavy (non-hydrogen) atoms. The molecule has 7 heteroatoms. The summed E-state index contributed by atoms with van der Waals surface area (Å²) in [6.07, 6.45) is 1.10. The van der Waals surface area contributed by atoms with Gasteiger partial charge in [0.1, 0.15) is 5.75 Å². The summed E-state index contributed by atoms with van der Waals surface area (Å²) in [5.74, 6) is 0.172. The second-order valence-electron chi connectivity index (χ2n) is 6.29. The summed E-state index contributed by atoms with van der Waals surface area (Å²) in [4.78, 5) is 2.30. The number of fused-ring (bicyclic) bond motifs is 1. The van der Waals surface area contributed by atoms with Crippen molar-refractivity contribution in [3.05, 3.63) is 47.3 Å². The Morgan fingerprint density at radius 2 is 2.00 bits per heavy atom. The lowest BCUT2D eigenvalue weighted by Gasteiger charge is -2.19. The Kier molecular flexibility index (Phi) is 5.65. The Bertz CT molecular complexity index is 688. The zero-order chi connectivity index (χ0) is 17.8. The third-order valence-electron chi connectivity index (χ3n) is 4.39. The summed E-state index contributed by atoms with van der Waals surface area (Å²) in [5, 5.41) is 14.5.